The van der Waals surface area contributed by atoms with Gasteiger partial charge < -0.3 is 10.2 Å². The Balaban J connectivity index is 2.61. The van der Waals surface area contributed by atoms with Crippen molar-refractivity contribution in [2.24, 2.45) is 5.73 Å². The van der Waals surface area contributed by atoms with Crippen LogP contribution in [-0.4, -0.2) is 11.5 Å². The lowest BCUT2D eigenvalue weighted by Crippen LogP contribution is -2.02. The van der Waals surface area contributed by atoms with E-state index in [0.29, 0.717) is 6.54 Å². The SMILES string of the molecule is Cc1cnc(CCN)o1. The van der Waals surface area contributed by atoms with Crippen LogP contribution in [0.15, 0.2) is 10.6 Å². The van der Waals surface area contributed by atoms with Crippen LogP contribution in [0.2, 0.25) is 0 Å². The smallest absolute Gasteiger partial charge is 0.195 e. The fourth-order valence-corrected chi connectivity index (χ4v) is 0.640. The molecule has 50 valence electrons. The highest BCUT2D eigenvalue weighted by atomic mass is 16.3. The molecule has 0 aromatic carbocycles. The van der Waals surface area contributed by atoms with Gasteiger partial charge in [-0.2, -0.15) is 0 Å². The van der Waals surface area contributed by atoms with E-state index in [2.05, 4.69) is 4.98 Å². The molecule has 1 heterocycles. The van der Waals surface area contributed by atoms with Gasteiger partial charge in [0.1, 0.15) is 5.76 Å². The third-order valence-electron chi connectivity index (χ3n) is 1.03. The van der Waals surface area contributed by atoms with Gasteiger partial charge in [0.25, 0.3) is 0 Å². The zero-order valence-electron chi connectivity index (χ0n) is 5.42. The monoisotopic (exact) mass is 126 g/mol. The van der Waals surface area contributed by atoms with Gasteiger partial charge in [-0.3, -0.25) is 0 Å². The predicted molar refractivity (Wildman–Crippen MR) is 34.0 cm³/mol. The van der Waals surface area contributed by atoms with Crippen molar-refractivity contribution in [2.75, 3.05) is 6.54 Å². The molecular formula is C6H10N2O. The van der Waals surface area contributed by atoms with Gasteiger partial charge in [0.05, 0.1) is 6.20 Å². The molecule has 9 heavy (non-hydrogen) atoms. The fourth-order valence-electron chi connectivity index (χ4n) is 0.640. The minimum absolute atomic E-state index is 0.597. The summed E-state index contributed by atoms with van der Waals surface area (Å²) in [6.45, 7) is 2.47. The first-order valence-corrected chi connectivity index (χ1v) is 2.94. The standard InChI is InChI=1S/C6H10N2O/c1-5-4-8-6(9-5)2-3-7/h4H,2-3,7H2,1H3. The number of nitrogens with zero attached hydrogens (tertiary/aromatic N) is 1. The second kappa shape index (κ2) is 2.64. The zero-order chi connectivity index (χ0) is 6.69. The maximum atomic E-state index is 5.27. The summed E-state index contributed by atoms with van der Waals surface area (Å²) in [6, 6.07) is 0. The third-order valence-corrected chi connectivity index (χ3v) is 1.03. The average molecular weight is 126 g/mol. The first-order valence-electron chi connectivity index (χ1n) is 2.94. The van der Waals surface area contributed by atoms with Crippen molar-refractivity contribution >= 4 is 0 Å². The molecule has 0 aliphatic heterocycles. The van der Waals surface area contributed by atoms with Gasteiger partial charge in [0.2, 0.25) is 0 Å². The lowest BCUT2D eigenvalue weighted by molar-refractivity contribution is 0.472. The molecule has 0 unspecified atom stereocenters. The third kappa shape index (κ3) is 1.54. The highest BCUT2D eigenvalue weighted by Gasteiger charge is 1.95. The van der Waals surface area contributed by atoms with E-state index in [4.69, 9.17) is 10.2 Å². The van der Waals surface area contributed by atoms with Crippen LogP contribution in [-0.2, 0) is 6.42 Å². The largest absolute Gasteiger partial charge is 0.446 e. The summed E-state index contributed by atoms with van der Waals surface area (Å²) in [6.07, 6.45) is 2.43. The molecule has 2 N–H and O–H groups in total. The summed E-state index contributed by atoms with van der Waals surface area (Å²) in [5.41, 5.74) is 5.27. The maximum Gasteiger partial charge on any atom is 0.195 e. The normalized spacial score (nSPS) is 10.0. The van der Waals surface area contributed by atoms with Crippen molar-refractivity contribution in [3.05, 3.63) is 17.8 Å². The number of hydrogen-bond acceptors (Lipinski definition) is 3. The van der Waals surface area contributed by atoms with Crippen LogP contribution in [0.3, 0.4) is 0 Å². The highest BCUT2D eigenvalue weighted by Crippen LogP contribution is 2.00. The van der Waals surface area contributed by atoms with Crippen LogP contribution in [0.1, 0.15) is 11.7 Å². The highest BCUT2D eigenvalue weighted by molar-refractivity contribution is 4.90. The Morgan fingerprint density at radius 3 is 3.00 bits per heavy atom. The van der Waals surface area contributed by atoms with E-state index in [-0.39, 0.29) is 0 Å². The molecule has 0 aliphatic carbocycles. The molecule has 0 atom stereocenters. The van der Waals surface area contributed by atoms with Crippen LogP contribution in [0.4, 0.5) is 0 Å². The number of oxazole rings is 1. The molecule has 3 nitrogen and oxygen atoms in total. The first kappa shape index (κ1) is 6.29. The molecule has 0 bridgehead atoms. The Hall–Kier alpha value is -0.830. The molecule has 0 radical (unpaired) electrons. The zero-order valence-corrected chi connectivity index (χ0v) is 5.42. The summed E-state index contributed by atoms with van der Waals surface area (Å²) in [4.78, 5) is 3.96. The molecule has 1 rings (SSSR count). The van der Waals surface area contributed by atoms with E-state index >= 15 is 0 Å². The van der Waals surface area contributed by atoms with Crippen molar-refractivity contribution in [2.45, 2.75) is 13.3 Å². The summed E-state index contributed by atoms with van der Waals surface area (Å²) >= 11 is 0. The quantitative estimate of drug-likeness (QED) is 0.627. The molecule has 3 heteroatoms. The van der Waals surface area contributed by atoms with Crippen molar-refractivity contribution in [3.8, 4) is 0 Å². The van der Waals surface area contributed by atoms with E-state index in [1.54, 1.807) is 6.20 Å². The Labute approximate surface area is 53.9 Å². The summed E-state index contributed by atoms with van der Waals surface area (Å²) in [5, 5.41) is 0. The summed E-state index contributed by atoms with van der Waals surface area (Å²) in [5.74, 6) is 1.58. The minimum atomic E-state index is 0.597. The second-order valence-electron chi connectivity index (χ2n) is 1.90. The Bertz CT molecular complexity index is 183. The van der Waals surface area contributed by atoms with Crippen molar-refractivity contribution in [3.63, 3.8) is 0 Å². The molecule has 0 spiro atoms. The van der Waals surface area contributed by atoms with Crippen molar-refractivity contribution in [1.29, 1.82) is 0 Å². The summed E-state index contributed by atoms with van der Waals surface area (Å²) in [7, 11) is 0. The second-order valence-corrected chi connectivity index (χ2v) is 1.90. The lowest BCUT2D eigenvalue weighted by atomic mass is 10.4. The first-order chi connectivity index (χ1) is 4.33. The molecule has 0 aliphatic rings. The molecular weight excluding hydrogens is 116 g/mol. The van der Waals surface area contributed by atoms with Crippen LogP contribution in [0.5, 0.6) is 0 Å². The van der Waals surface area contributed by atoms with E-state index in [9.17, 15) is 0 Å². The number of aromatic nitrogens is 1. The minimum Gasteiger partial charge on any atom is -0.446 e. The predicted octanol–water partition coefficient (Wildman–Crippen LogP) is 0.484. The molecule has 0 saturated heterocycles. The number of hydrogen-bond donors (Lipinski definition) is 1. The van der Waals surface area contributed by atoms with Gasteiger partial charge in [-0.15, -0.1) is 0 Å². The van der Waals surface area contributed by atoms with Gasteiger partial charge in [-0.25, -0.2) is 4.98 Å². The molecule has 0 fully saturated rings. The van der Waals surface area contributed by atoms with E-state index in [1.165, 1.54) is 0 Å². The van der Waals surface area contributed by atoms with E-state index in [0.717, 1.165) is 18.1 Å². The van der Waals surface area contributed by atoms with Crippen molar-refractivity contribution < 1.29 is 4.42 Å². The Morgan fingerprint density at radius 2 is 2.56 bits per heavy atom. The number of rotatable bonds is 2. The average Bonchev–Trinajstić information content (AvgIpc) is 2.17. The van der Waals surface area contributed by atoms with Gasteiger partial charge in [-0.05, 0) is 6.92 Å². The van der Waals surface area contributed by atoms with Crippen LogP contribution < -0.4 is 5.73 Å². The van der Waals surface area contributed by atoms with Gasteiger partial charge in [-0.1, -0.05) is 0 Å². The van der Waals surface area contributed by atoms with Crippen LogP contribution in [0, 0.1) is 6.92 Å². The topological polar surface area (TPSA) is 52.0 Å². The number of nitrogens with two attached hydrogens (primary N) is 1. The Morgan fingerprint density at radius 1 is 1.78 bits per heavy atom. The van der Waals surface area contributed by atoms with Crippen LogP contribution in [0.25, 0.3) is 0 Å². The number of aryl methyl sites for hydroxylation is 1. The summed E-state index contributed by atoms with van der Waals surface area (Å²) < 4.78 is 5.13. The van der Waals surface area contributed by atoms with E-state index < -0.39 is 0 Å². The molecule has 0 amide bonds. The van der Waals surface area contributed by atoms with Gasteiger partial charge in [0.15, 0.2) is 5.89 Å². The molecule has 1 aromatic heterocycles. The fraction of sp³-hybridized carbons (Fsp3) is 0.500. The Kier molecular flexibility index (Phi) is 1.85. The van der Waals surface area contributed by atoms with Gasteiger partial charge in [0, 0.05) is 13.0 Å². The van der Waals surface area contributed by atoms with Gasteiger partial charge >= 0.3 is 0 Å². The van der Waals surface area contributed by atoms with Crippen LogP contribution >= 0.6 is 0 Å². The van der Waals surface area contributed by atoms with Crippen molar-refractivity contribution in [1.82, 2.24) is 4.98 Å². The lowest BCUT2D eigenvalue weighted by Gasteiger charge is -1.86. The molecule has 1 aromatic rings. The van der Waals surface area contributed by atoms with E-state index in [1.807, 2.05) is 6.92 Å². The maximum absolute atomic E-state index is 5.27. The molecule has 0 saturated carbocycles.